The Bertz CT molecular complexity index is 3230. The highest BCUT2D eigenvalue weighted by atomic mass is 32.2. The average molecular weight is 783 g/mol. The first-order valence-corrected chi connectivity index (χ1v) is 20.0. The molecule has 10 rings (SSSR count). The summed E-state index contributed by atoms with van der Waals surface area (Å²) >= 11 is 0. The molecule has 0 unspecified atom stereocenters. The molecule has 0 radical (unpaired) electrons. The Kier molecular flexibility index (Phi) is 7.99. The predicted molar refractivity (Wildman–Crippen MR) is 221 cm³/mol. The molecule has 8 aromatic rings. The molecule has 58 heavy (non-hydrogen) atoms. The van der Waals surface area contributed by atoms with Gasteiger partial charge in [-0.15, -0.1) is 0 Å². The van der Waals surface area contributed by atoms with Crippen LogP contribution in [0.25, 0.3) is 32.9 Å². The van der Waals surface area contributed by atoms with Crippen molar-refractivity contribution in [2.75, 3.05) is 0 Å². The number of aliphatic imine (C=N–C) groups is 2. The first kappa shape index (κ1) is 34.9. The Morgan fingerprint density at radius 2 is 1.12 bits per heavy atom. The minimum Gasteiger partial charge on any atom is -0.494 e. The monoisotopic (exact) mass is 782 g/mol. The predicted octanol–water partition coefficient (Wildman–Crippen LogP) is 8.78. The van der Waals surface area contributed by atoms with Crippen LogP contribution in [0.5, 0.6) is 17.5 Å². The molecule has 0 amide bonds. The summed E-state index contributed by atoms with van der Waals surface area (Å²) in [5.74, 6) is -1.19. The first-order valence-electron chi connectivity index (χ1n) is 18.3. The molecule has 0 aliphatic carbocycles. The molecule has 4 heterocycles. The van der Waals surface area contributed by atoms with Crippen LogP contribution >= 0.6 is 0 Å². The third-order valence-corrected chi connectivity index (χ3v) is 12.2. The SMILES string of the molecule is O=C1C(c2c(O)n(COc3cccc(-c4ccc5c(c4)N=C(c4c(O)n(CS(=O)(=O)c6ccccc6)c6ccccc46)C5=O)c3)c3ccccc23)=Nc2ccccc21. The number of nitrogens with zero attached hydrogens (tertiary/aromatic N) is 4. The molecule has 2 aliphatic rings. The van der Waals surface area contributed by atoms with Gasteiger partial charge in [-0.2, -0.15) is 0 Å². The fourth-order valence-electron chi connectivity index (χ4n) is 7.78. The second-order valence-electron chi connectivity index (χ2n) is 14.0. The summed E-state index contributed by atoms with van der Waals surface area (Å²) in [6.45, 7) is -0.0691. The maximum Gasteiger partial charge on any atom is 0.214 e. The number of Topliss-reactive ketones (excluding diaryl/α,β-unsaturated/α-hetero) is 2. The normalized spacial score (nSPS) is 13.5. The number of ketones is 2. The largest absolute Gasteiger partial charge is 0.494 e. The van der Waals surface area contributed by atoms with Crippen molar-refractivity contribution in [2.45, 2.75) is 17.5 Å². The molecule has 0 saturated carbocycles. The van der Waals surface area contributed by atoms with E-state index in [1.165, 1.54) is 16.7 Å². The summed E-state index contributed by atoms with van der Waals surface area (Å²) in [6.07, 6.45) is 0. The summed E-state index contributed by atoms with van der Waals surface area (Å²) in [5, 5.41) is 24.3. The molecule has 0 atom stereocenters. The number of ether oxygens (including phenoxy) is 1. The zero-order chi connectivity index (χ0) is 39.7. The molecule has 2 aliphatic heterocycles. The minimum atomic E-state index is -3.85. The standard InChI is InChI=1S/C46H30N4O7S/c51-43-31-15-4-7-18-35(31)47-41(43)39-33-16-5-8-19-37(33)49(45(39)53)25-57-29-12-10-11-27(23-29)28-21-22-32-36(24-28)48-42(44(32)52)40-34-17-6-9-20-38(34)50(46(40)54)26-58(55,56)30-13-2-1-3-14-30/h1-24,53-54H,25-26H2. The van der Waals surface area contributed by atoms with E-state index >= 15 is 0 Å². The molecule has 0 fully saturated rings. The van der Waals surface area contributed by atoms with Crippen molar-refractivity contribution in [3.63, 3.8) is 0 Å². The average Bonchev–Trinajstić information content (AvgIpc) is 3.93. The summed E-state index contributed by atoms with van der Waals surface area (Å²) in [5.41, 5.74) is 5.12. The first-order chi connectivity index (χ1) is 28.2. The van der Waals surface area contributed by atoms with Crippen molar-refractivity contribution in [3.8, 4) is 28.6 Å². The number of fused-ring (bicyclic) bond motifs is 4. The van der Waals surface area contributed by atoms with Crippen LogP contribution in [-0.2, 0) is 22.4 Å². The second-order valence-corrected chi connectivity index (χ2v) is 15.9. The fraction of sp³-hybridized carbons (Fsp3) is 0.0435. The number of para-hydroxylation sites is 3. The van der Waals surface area contributed by atoms with E-state index in [0.29, 0.717) is 55.6 Å². The molecule has 6 aromatic carbocycles. The van der Waals surface area contributed by atoms with E-state index in [0.717, 1.165) is 11.1 Å². The van der Waals surface area contributed by atoms with Crippen molar-refractivity contribution < 1.29 is 33.0 Å². The van der Waals surface area contributed by atoms with Gasteiger partial charge in [0.1, 0.15) is 23.0 Å². The molecule has 0 saturated heterocycles. The number of benzene rings is 6. The molecule has 12 heteroatoms. The van der Waals surface area contributed by atoms with E-state index in [1.807, 2.05) is 48.5 Å². The van der Waals surface area contributed by atoms with Gasteiger partial charge < -0.3 is 14.9 Å². The highest BCUT2D eigenvalue weighted by molar-refractivity contribution is 7.90. The number of aromatic nitrogens is 2. The quantitative estimate of drug-likeness (QED) is 0.148. The summed E-state index contributed by atoms with van der Waals surface area (Å²) in [4.78, 5) is 36.6. The molecular formula is C46H30N4O7S. The van der Waals surface area contributed by atoms with E-state index < -0.39 is 21.5 Å². The van der Waals surface area contributed by atoms with E-state index in [2.05, 4.69) is 4.99 Å². The third-order valence-electron chi connectivity index (χ3n) is 10.6. The summed E-state index contributed by atoms with van der Waals surface area (Å²) in [7, 11) is -3.85. The lowest BCUT2D eigenvalue weighted by molar-refractivity contribution is 0.106. The third kappa shape index (κ3) is 5.52. The Labute approximate surface area is 331 Å². The highest BCUT2D eigenvalue weighted by Crippen LogP contribution is 2.41. The van der Waals surface area contributed by atoms with Crippen molar-refractivity contribution in [3.05, 3.63) is 168 Å². The lowest BCUT2D eigenvalue weighted by Gasteiger charge is -2.11. The summed E-state index contributed by atoms with van der Waals surface area (Å²) in [6, 6.07) is 42.0. The van der Waals surface area contributed by atoms with Gasteiger partial charge in [-0.05, 0) is 71.8 Å². The van der Waals surface area contributed by atoms with Crippen LogP contribution in [0, 0.1) is 0 Å². The summed E-state index contributed by atoms with van der Waals surface area (Å²) < 4.78 is 35.9. The van der Waals surface area contributed by atoms with E-state index in [1.54, 1.807) is 89.5 Å². The van der Waals surface area contributed by atoms with Gasteiger partial charge in [-0.1, -0.05) is 84.9 Å². The Hall–Kier alpha value is -7.57. The molecule has 0 bridgehead atoms. The second kappa shape index (κ2) is 13.3. The van der Waals surface area contributed by atoms with Crippen molar-refractivity contribution in [2.24, 2.45) is 9.98 Å². The van der Waals surface area contributed by atoms with Gasteiger partial charge in [0.15, 0.2) is 16.6 Å². The minimum absolute atomic E-state index is 0.0149. The molecule has 0 spiro atoms. The van der Waals surface area contributed by atoms with E-state index in [9.17, 15) is 28.2 Å². The zero-order valence-corrected chi connectivity index (χ0v) is 31.2. The number of carbonyl (C=O) groups is 2. The molecule has 2 aromatic heterocycles. The Morgan fingerprint density at radius 1 is 0.552 bits per heavy atom. The van der Waals surface area contributed by atoms with Gasteiger partial charge in [0.2, 0.25) is 23.3 Å². The van der Waals surface area contributed by atoms with Gasteiger partial charge in [-0.3, -0.25) is 18.7 Å². The molecule has 282 valence electrons. The van der Waals surface area contributed by atoms with E-state index in [4.69, 9.17) is 9.73 Å². The van der Waals surface area contributed by atoms with Crippen LogP contribution in [0.4, 0.5) is 11.4 Å². The van der Waals surface area contributed by atoms with Crippen LogP contribution < -0.4 is 4.74 Å². The van der Waals surface area contributed by atoms with Crippen LogP contribution in [0.1, 0.15) is 31.8 Å². The van der Waals surface area contributed by atoms with Crippen LogP contribution in [0.15, 0.2) is 160 Å². The Balaban J connectivity index is 0.946. The van der Waals surface area contributed by atoms with Gasteiger partial charge in [0, 0.05) is 21.9 Å². The number of sulfone groups is 1. The fourth-order valence-corrected chi connectivity index (χ4v) is 9.10. The number of hydrogen-bond donors (Lipinski definition) is 2. The van der Waals surface area contributed by atoms with E-state index in [-0.39, 0.29) is 46.2 Å². The zero-order valence-electron chi connectivity index (χ0n) is 30.4. The maximum atomic E-state index is 13.9. The highest BCUT2D eigenvalue weighted by Gasteiger charge is 2.34. The van der Waals surface area contributed by atoms with Gasteiger partial charge in [-0.25, -0.2) is 18.4 Å². The van der Waals surface area contributed by atoms with Gasteiger partial charge >= 0.3 is 0 Å². The lowest BCUT2D eigenvalue weighted by Crippen LogP contribution is -2.13. The molecule has 2 N–H and O–H groups in total. The number of aromatic hydroxyl groups is 2. The Morgan fingerprint density at radius 3 is 1.83 bits per heavy atom. The van der Waals surface area contributed by atoms with Gasteiger partial charge in [0.25, 0.3) is 0 Å². The van der Waals surface area contributed by atoms with Crippen molar-refractivity contribution in [1.82, 2.24) is 9.13 Å². The van der Waals surface area contributed by atoms with Gasteiger partial charge in [0.05, 0.1) is 38.4 Å². The lowest BCUT2D eigenvalue weighted by atomic mass is 9.99. The molecular weight excluding hydrogens is 753 g/mol. The van der Waals surface area contributed by atoms with Crippen LogP contribution in [0.3, 0.4) is 0 Å². The van der Waals surface area contributed by atoms with Crippen LogP contribution in [-0.4, -0.2) is 50.8 Å². The topological polar surface area (TPSA) is 153 Å². The maximum absolute atomic E-state index is 13.9. The van der Waals surface area contributed by atoms with Crippen molar-refractivity contribution >= 4 is 66.0 Å². The number of hydrogen-bond acceptors (Lipinski definition) is 9. The van der Waals surface area contributed by atoms with Crippen molar-refractivity contribution in [1.29, 1.82) is 0 Å². The number of rotatable bonds is 9. The molecule has 11 nitrogen and oxygen atoms in total. The number of carbonyl (C=O) groups excluding carboxylic acids is 2. The van der Waals surface area contributed by atoms with Crippen LogP contribution in [0.2, 0.25) is 0 Å². The smallest absolute Gasteiger partial charge is 0.214 e.